The zero-order valence-corrected chi connectivity index (χ0v) is 19.2. The number of allylic oxidation sites excluding steroid dienone is 3. The Balaban J connectivity index is 2.21. The SMILES string of the molecule is CC(C)C[C@H]1C2=C(O[C@@]3(C)C=C[C@@H](C(C)C)C[C@@H]13)C(C)(C)C(=O)C(C)(C)C2=O. The Morgan fingerprint density at radius 1 is 1.04 bits per heavy atom. The van der Waals surface area contributed by atoms with Crippen LogP contribution in [0.2, 0.25) is 0 Å². The van der Waals surface area contributed by atoms with Crippen LogP contribution in [-0.2, 0) is 14.3 Å². The Morgan fingerprint density at radius 2 is 1.64 bits per heavy atom. The lowest BCUT2D eigenvalue weighted by atomic mass is 9.55. The summed E-state index contributed by atoms with van der Waals surface area (Å²) < 4.78 is 6.62. The highest BCUT2D eigenvalue weighted by Gasteiger charge is 2.61. The Labute approximate surface area is 171 Å². The summed E-state index contributed by atoms with van der Waals surface area (Å²) in [5.41, 5.74) is -1.41. The number of hydrogen-bond acceptors (Lipinski definition) is 3. The number of fused-ring (bicyclic) bond motifs is 1. The molecule has 0 N–H and O–H groups in total. The van der Waals surface area contributed by atoms with Crippen molar-refractivity contribution < 1.29 is 14.3 Å². The molecule has 28 heavy (non-hydrogen) atoms. The van der Waals surface area contributed by atoms with Crippen molar-refractivity contribution in [3.63, 3.8) is 0 Å². The van der Waals surface area contributed by atoms with Crippen molar-refractivity contribution in [2.75, 3.05) is 0 Å². The van der Waals surface area contributed by atoms with E-state index < -0.39 is 16.4 Å². The quantitative estimate of drug-likeness (QED) is 0.458. The van der Waals surface area contributed by atoms with E-state index in [1.54, 1.807) is 13.8 Å². The summed E-state index contributed by atoms with van der Waals surface area (Å²) in [6.45, 7) is 18.6. The van der Waals surface area contributed by atoms with Gasteiger partial charge in [-0.15, -0.1) is 0 Å². The minimum Gasteiger partial charge on any atom is -0.486 e. The maximum Gasteiger partial charge on any atom is 0.175 e. The predicted molar refractivity (Wildman–Crippen MR) is 113 cm³/mol. The van der Waals surface area contributed by atoms with Gasteiger partial charge >= 0.3 is 0 Å². The van der Waals surface area contributed by atoms with E-state index in [0.717, 1.165) is 18.4 Å². The molecular formula is C25H38O3. The van der Waals surface area contributed by atoms with Gasteiger partial charge in [0, 0.05) is 11.5 Å². The lowest BCUT2D eigenvalue weighted by Crippen LogP contribution is -2.58. The first-order valence-electron chi connectivity index (χ1n) is 11.0. The number of Topliss-reactive ketones (excluding diaryl/α,β-unsaturated/α-hetero) is 2. The molecule has 0 radical (unpaired) electrons. The number of hydrogen-bond donors (Lipinski definition) is 0. The van der Waals surface area contributed by atoms with Crippen LogP contribution in [0.3, 0.4) is 0 Å². The fraction of sp³-hybridized carbons (Fsp3) is 0.760. The van der Waals surface area contributed by atoms with Crippen molar-refractivity contribution in [3.8, 4) is 0 Å². The number of carbonyl (C=O) groups is 2. The van der Waals surface area contributed by atoms with Crippen molar-refractivity contribution in [3.05, 3.63) is 23.5 Å². The molecule has 2 aliphatic carbocycles. The fourth-order valence-electron chi connectivity index (χ4n) is 5.71. The van der Waals surface area contributed by atoms with Crippen LogP contribution in [0, 0.1) is 40.4 Å². The van der Waals surface area contributed by atoms with Gasteiger partial charge in [0.15, 0.2) is 11.6 Å². The number of carbonyl (C=O) groups excluding carboxylic acids is 2. The van der Waals surface area contributed by atoms with Crippen LogP contribution < -0.4 is 0 Å². The molecule has 0 saturated carbocycles. The van der Waals surface area contributed by atoms with Crippen molar-refractivity contribution in [1.29, 1.82) is 0 Å². The van der Waals surface area contributed by atoms with Crippen molar-refractivity contribution in [2.45, 2.75) is 80.8 Å². The molecule has 0 spiro atoms. The van der Waals surface area contributed by atoms with Crippen LogP contribution in [0.1, 0.15) is 75.2 Å². The monoisotopic (exact) mass is 386 g/mol. The minimum atomic E-state index is -0.989. The van der Waals surface area contributed by atoms with Gasteiger partial charge < -0.3 is 4.74 Å². The fourth-order valence-corrected chi connectivity index (χ4v) is 5.71. The van der Waals surface area contributed by atoms with Crippen LogP contribution in [0.5, 0.6) is 0 Å². The number of ketones is 2. The van der Waals surface area contributed by atoms with Gasteiger partial charge in [-0.25, -0.2) is 0 Å². The van der Waals surface area contributed by atoms with Crippen LogP contribution in [0.15, 0.2) is 23.5 Å². The predicted octanol–water partition coefficient (Wildman–Crippen LogP) is 5.74. The van der Waals surface area contributed by atoms with Gasteiger partial charge in [0.05, 0.1) is 10.8 Å². The lowest BCUT2D eigenvalue weighted by Gasteiger charge is -2.55. The Hall–Kier alpha value is -1.38. The molecule has 1 aliphatic heterocycles. The van der Waals surface area contributed by atoms with Gasteiger partial charge in [0.25, 0.3) is 0 Å². The standard InChI is InChI=1S/C25H38O3/c1-14(2)12-17-18-13-16(15(3)4)10-11-25(18,9)28-21-19(17)20(26)23(5,6)22(27)24(21,7)8/h10-11,14-18H,12-13H2,1-9H3/t16-,17-,18+,25+/m1/s1. The maximum absolute atomic E-state index is 13.6. The molecule has 0 amide bonds. The Kier molecular flexibility index (Phi) is 5.00. The van der Waals surface area contributed by atoms with Crippen LogP contribution >= 0.6 is 0 Å². The van der Waals surface area contributed by atoms with Crippen LogP contribution in [0.25, 0.3) is 0 Å². The normalized spacial score (nSPS) is 36.5. The summed E-state index contributed by atoms with van der Waals surface area (Å²) in [5, 5.41) is 0. The molecule has 0 fully saturated rings. The molecule has 156 valence electrons. The molecule has 0 saturated heterocycles. The highest BCUT2D eigenvalue weighted by molar-refractivity contribution is 6.19. The first kappa shape index (κ1) is 21.3. The average Bonchev–Trinajstić information content (AvgIpc) is 2.57. The third-order valence-corrected chi connectivity index (χ3v) is 7.46. The third kappa shape index (κ3) is 3.00. The Morgan fingerprint density at radius 3 is 2.18 bits per heavy atom. The van der Waals surface area contributed by atoms with Crippen molar-refractivity contribution in [2.24, 2.45) is 40.4 Å². The topological polar surface area (TPSA) is 43.4 Å². The van der Waals surface area contributed by atoms with E-state index in [2.05, 4.69) is 46.8 Å². The molecule has 3 aliphatic rings. The van der Waals surface area contributed by atoms with E-state index in [-0.39, 0.29) is 23.4 Å². The zero-order chi connectivity index (χ0) is 21.2. The lowest BCUT2D eigenvalue weighted by molar-refractivity contribution is -0.152. The van der Waals surface area contributed by atoms with Gasteiger partial charge in [-0.05, 0) is 77.2 Å². The van der Waals surface area contributed by atoms with Gasteiger partial charge in [0.1, 0.15) is 11.4 Å². The van der Waals surface area contributed by atoms with E-state index in [1.165, 1.54) is 0 Å². The molecule has 3 nitrogen and oxygen atoms in total. The van der Waals surface area contributed by atoms with Gasteiger partial charge in [-0.1, -0.05) is 33.8 Å². The molecule has 3 heteroatoms. The van der Waals surface area contributed by atoms with E-state index in [9.17, 15) is 9.59 Å². The van der Waals surface area contributed by atoms with Gasteiger partial charge in [-0.3, -0.25) is 9.59 Å². The molecule has 1 heterocycles. The summed E-state index contributed by atoms with van der Waals surface area (Å²) in [7, 11) is 0. The van der Waals surface area contributed by atoms with Crippen LogP contribution in [0.4, 0.5) is 0 Å². The highest BCUT2D eigenvalue weighted by atomic mass is 16.5. The molecular weight excluding hydrogens is 348 g/mol. The molecule has 3 rings (SSSR count). The maximum atomic E-state index is 13.6. The molecule has 0 unspecified atom stereocenters. The first-order valence-corrected chi connectivity index (χ1v) is 11.0. The summed E-state index contributed by atoms with van der Waals surface area (Å²) in [6, 6.07) is 0. The van der Waals surface area contributed by atoms with E-state index in [1.807, 2.05) is 13.8 Å². The van der Waals surface area contributed by atoms with E-state index in [0.29, 0.717) is 23.5 Å². The molecule has 0 aromatic carbocycles. The second-order valence-electron chi connectivity index (χ2n) is 11.3. The molecule has 0 bridgehead atoms. The Bertz CT molecular complexity index is 750. The molecule has 4 atom stereocenters. The van der Waals surface area contributed by atoms with E-state index >= 15 is 0 Å². The van der Waals surface area contributed by atoms with Crippen molar-refractivity contribution >= 4 is 11.6 Å². The minimum absolute atomic E-state index is 0.0184. The number of ether oxygens (including phenoxy) is 1. The summed E-state index contributed by atoms with van der Waals surface area (Å²) >= 11 is 0. The smallest absolute Gasteiger partial charge is 0.175 e. The average molecular weight is 387 g/mol. The first-order chi connectivity index (χ1) is 12.7. The molecule has 0 aromatic rings. The van der Waals surface area contributed by atoms with Gasteiger partial charge in [0.2, 0.25) is 0 Å². The second-order valence-corrected chi connectivity index (χ2v) is 11.3. The zero-order valence-electron chi connectivity index (χ0n) is 19.2. The van der Waals surface area contributed by atoms with Crippen molar-refractivity contribution in [1.82, 2.24) is 0 Å². The summed E-state index contributed by atoms with van der Waals surface area (Å²) in [6.07, 6.45) is 6.49. The third-order valence-electron chi connectivity index (χ3n) is 7.46. The number of rotatable bonds is 3. The van der Waals surface area contributed by atoms with Crippen LogP contribution in [-0.4, -0.2) is 17.2 Å². The van der Waals surface area contributed by atoms with E-state index in [4.69, 9.17) is 4.74 Å². The largest absolute Gasteiger partial charge is 0.486 e. The molecule has 0 aromatic heterocycles. The second kappa shape index (κ2) is 6.57. The summed E-state index contributed by atoms with van der Waals surface area (Å²) in [5.74, 6) is 2.52. The van der Waals surface area contributed by atoms with Gasteiger partial charge in [-0.2, -0.15) is 0 Å². The highest BCUT2D eigenvalue weighted by Crippen LogP contribution is 2.57. The summed E-state index contributed by atoms with van der Waals surface area (Å²) in [4.78, 5) is 26.8.